The zero-order valence-corrected chi connectivity index (χ0v) is 18.2. The average molecular weight is 464 g/mol. The van der Waals surface area contributed by atoms with Crippen molar-refractivity contribution in [2.75, 3.05) is 18.5 Å². The highest BCUT2D eigenvalue weighted by Gasteiger charge is 2.29. The zero-order valence-electron chi connectivity index (χ0n) is 18.2. The van der Waals surface area contributed by atoms with Gasteiger partial charge in [-0.3, -0.25) is 19.6 Å². The molecule has 2 amide bonds. The second-order valence-electron chi connectivity index (χ2n) is 7.93. The molecule has 1 heterocycles. The van der Waals surface area contributed by atoms with Crippen LogP contribution in [-0.4, -0.2) is 57.2 Å². The van der Waals surface area contributed by atoms with Crippen LogP contribution in [0.15, 0.2) is 60.9 Å². The number of amides is 2. The maximum Gasteiger partial charge on any atom is 0.411 e. The molecule has 1 unspecified atom stereocenters. The lowest BCUT2D eigenvalue weighted by molar-refractivity contribution is -0.139. The van der Waals surface area contributed by atoms with Gasteiger partial charge >= 0.3 is 12.1 Å². The number of anilines is 1. The molecule has 10 heteroatoms. The monoisotopic (exact) mass is 464 g/mol. The lowest BCUT2D eigenvalue weighted by Gasteiger charge is -2.14. The van der Waals surface area contributed by atoms with Gasteiger partial charge in [0.2, 0.25) is 5.91 Å². The molecule has 34 heavy (non-hydrogen) atoms. The molecule has 176 valence electrons. The van der Waals surface area contributed by atoms with Gasteiger partial charge in [0, 0.05) is 18.7 Å². The lowest BCUT2D eigenvalue weighted by Crippen LogP contribution is -2.35. The Morgan fingerprint density at radius 2 is 1.71 bits per heavy atom. The fraction of sp³-hybridized carbons (Fsp3) is 0.250. The van der Waals surface area contributed by atoms with Gasteiger partial charge in [0.1, 0.15) is 13.2 Å². The van der Waals surface area contributed by atoms with E-state index in [1.54, 1.807) is 0 Å². The first-order valence-corrected chi connectivity index (χ1v) is 10.7. The number of nitrogens with zero attached hydrogens (tertiary/aromatic N) is 2. The van der Waals surface area contributed by atoms with E-state index in [-0.39, 0.29) is 25.6 Å². The molecule has 0 saturated carbocycles. The summed E-state index contributed by atoms with van der Waals surface area (Å²) in [6.45, 7) is -0.168. The Balaban J connectivity index is 1.28. The number of benzene rings is 2. The van der Waals surface area contributed by atoms with Gasteiger partial charge in [-0.05, 0) is 22.3 Å². The number of carboxylic acids is 1. The third-order valence-corrected chi connectivity index (χ3v) is 5.47. The van der Waals surface area contributed by atoms with E-state index in [2.05, 4.69) is 27.9 Å². The quantitative estimate of drug-likeness (QED) is 0.380. The topological polar surface area (TPSA) is 143 Å². The number of carboxylic acid groups (broad SMARTS) is 1. The van der Waals surface area contributed by atoms with Crippen LogP contribution in [0.1, 0.15) is 23.5 Å². The number of hydrogen-bond donors (Lipinski definition) is 4. The number of carbonyl (C=O) groups is 3. The summed E-state index contributed by atoms with van der Waals surface area (Å²) in [6.07, 6.45) is 0.575. The number of ether oxygens (including phenoxy) is 1. The number of rotatable bonds is 9. The van der Waals surface area contributed by atoms with E-state index in [1.165, 1.54) is 17.1 Å². The molecule has 0 spiro atoms. The van der Waals surface area contributed by atoms with Gasteiger partial charge in [-0.2, -0.15) is 5.10 Å². The van der Waals surface area contributed by atoms with E-state index < -0.39 is 30.5 Å². The maximum atomic E-state index is 12.4. The summed E-state index contributed by atoms with van der Waals surface area (Å²) in [4.78, 5) is 34.8. The van der Waals surface area contributed by atoms with Crippen LogP contribution in [0.5, 0.6) is 0 Å². The van der Waals surface area contributed by atoms with Crippen LogP contribution in [0.2, 0.25) is 0 Å². The Morgan fingerprint density at radius 1 is 1.06 bits per heavy atom. The van der Waals surface area contributed by atoms with Crippen molar-refractivity contribution in [3.63, 3.8) is 0 Å². The summed E-state index contributed by atoms with van der Waals surface area (Å²) < 4.78 is 6.79. The third kappa shape index (κ3) is 5.41. The van der Waals surface area contributed by atoms with Crippen molar-refractivity contribution >= 4 is 23.7 Å². The summed E-state index contributed by atoms with van der Waals surface area (Å²) in [6, 6.07) is 16.1. The predicted molar refractivity (Wildman–Crippen MR) is 122 cm³/mol. The molecule has 1 aliphatic rings. The summed E-state index contributed by atoms with van der Waals surface area (Å²) in [5.74, 6) is -1.67. The minimum atomic E-state index is -1.18. The highest BCUT2D eigenvalue weighted by molar-refractivity contribution is 5.85. The molecule has 1 aromatic heterocycles. The number of aromatic nitrogens is 2. The smallest absolute Gasteiger partial charge is 0.411 e. The molecular formula is C24H24N4O6. The fourth-order valence-electron chi connectivity index (χ4n) is 3.98. The molecule has 10 nitrogen and oxygen atoms in total. The molecule has 1 atom stereocenters. The highest BCUT2D eigenvalue weighted by atomic mass is 16.5. The first-order chi connectivity index (χ1) is 16.4. The molecular weight excluding hydrogens is 440 g/mol. The molecule has 0 bridgehead atoms. The van der Waals surface area contributed by atoms with Gasteiger partial charge in [0.05, 0.1) is 24.4 Å². The Kier molecular flexibility index (Phi) is 6.88. The van der Waals surface area contributed by atoms with Crippen LogP contribution < -0.4 is 10.6 Å². The summed E-state index contributed by atoms with van der Waals surface area (Å²) in [5.41, 5.74) is 4.87. The predicted octanol–water partition coefficient (Wildman–Crippen LogP) is 2.20. The highest BCUT2D eigenvalue weighted by Crippen LogP contribution is 2.44. The molecule has 0 aliphatic heterocycles. The average Bonchev–Trinajstić information content (AvgIpc) is 3.37. The van der Waals surface area contributed by atoms with Gasteiger partial charge in [0.15, 0.2) is 0 Å². The number of aliphatic hydroxyl groups is 1. The van der Waals surface area contributed by atoms with Gasteiger partial charge in [0.25, 0.3) is 0 Å². The lowest BCUT2D eigenvalue weighted by atomic mass is 9.98. The van der Waals surface area contributed by atoms with Crippen LogP contribution >= 0.6 is 0 Å². The minimum absolute atomic E-state index is 0.0546. The molecule has 1 aliphatic carbocycles. The van der Waals surface area contributed by atoms with E-state index in [0.717, 1.165) is 22.3 Å². The molecule has 0 saturated heterocycles. The van der Waals surface area contributed by atoms with Gasteiger partial charge in [-0.25, -0.2) is 4.79 Å². The minimum Gasteiger partial charge on any atom is -0.481 e. The van der Waals surface area contributed by atoms with Crippen molar-refractivity contribution in [2.45, 2.75) is 25.0 Å². The van der Waals surface area contributed by atoms with Crippen LogP contribution in [-0.2, 0) is 20.9 Å². The van der Waals surface area contributed by atoms with Crippen molar-refractivity contribution in [3.8, 4) is 11.1 Å². The fourth-order valence-corrected chi connectivity index (χ4v) is 3.98. The van der Waals surface area contributed by atoms with E-state index in [9.17, 15) is 19.5 Å². The van der Waals surface area contributed by atoms with E-state index in [4.69, 9.17) is 9.84 Å². The van der Waals surface area contributed by atoms with Crippen LogP contribution in [0.4, 0.5) is 10.5 Å². The van der Waals surface area contributed by atoms with Crippen molar-refractivity contribution < 1.29 is 29.3 Å². The molecule has 2 aromatic carbocycles. The van der Waals surface area contributed by atoms with Crippen LogP contribution in [0.3, 0.4) is 0 Å². The molecule has 0 radical (unpaired) electrons. The summed E-state index contributed by atoms with van der Waals surface area (Å²) in [7, 11) is 0. The van der Waals surface area contributed by atoms with Crippen LogP contribution in [0.25, 0.3) is 11.1 Å². The first-order valence-electron chi connectivity index (χ1n) is 10.7. The standard InChI is InChI=1S/C24H24N4O6/c29-16(9-23(31)32)11-25-22(30)13-28-12-15(10-26-28)27-24(33)34-14-21-19-7-3-1-5-17(19)18-6-2-4-8-20(18)21/h1-8,10,12,16,21,29H,9,11,13-14H2,(H,25,30)(H,27,33)(H,31,32). The Morgan fingerprint density at radius 3 is 2.35 bits per heavy atom. The van der Waals surface area contributed by atoms with Gasteiger partial charge < -0.3 is 20.3 Å². The first kappa shape index (κ1) is 23.0. The number of hydrogen-bond acceptors (Lipinski definition) is 6. The Labute approximate surface area is 195 Å². The molecule has 4 rings (SSSR count). The largest absolute Gasteiger partial charge is 0.481 e. The van der Waals surface area contributed by atoms with Crippen molar-refractivity contribution in [1.29, 1.82) is 0 Å². The Bertz CT molecular complexity index is 1160. The maximum absolute atomic E-state index is 12.4. The summed E-state index contributed by atoms with van der Waals surface area (Å²) in [5, 5.41) is 27.1. The number of carbonyl (C=O) groups excluding carboxylic acids is 2. The van der Waals surface area contributed by atoms with E-state index >= 15 is 0 Å². The normalized spacial score (nSPS) is 13.0. The van der Waals surface area contributed by atoms with Crippen molar-refractivity contribution in [2.24, 2.45) is 0 Å². The second-order valence-corrected chi connectivity index (χ2v) is 7.93. The zero-order chi connectivity index (χ0) is 24.1. The molecule has 0 fully saturated rings. The van der Waals surface area contributed by atoms with Gasteiger partial charge in [-0.15, -0.1) is 0 Å². The number of nitrogens with one attached hydrogen (secondary N) is 2. The van der Waals surface area contributed by atoms with Crippen molar-refractivity contribution in [1.82, 2.24) is 15.1 Å². The number of fused-ring (bicyclic) bond motifs is 3. The Hall–Kier alpha value is -4.18. The van der Waals surface area contributed by atoms with E-state index in [1.807, 2.05) is 36.4 Å². The SMILES string of the molecule is O=C(O)CC(O)CNC(=O)Cn1cc(NC(=O)OCC2c3ccccc3-c3ccccc32)cn1. The summed E-state index contributed by atoms with van der Waals surface area (Å²) >= 11 is 0. The second kappa shape index (κ2) is 10.2. The number of aliphatic carboxylic acids is 1. The third-order valence-electron chi connectivity index (χ3n) is 5.47. The number of aliphatic hydroxyl groups excluding tert-OH is 1. The molecule has 3 aromatic rings. The van der Waals surface area contributed by atoms with Gasteiger partial charge in [-0.1, -0.05) is 48.5 Å². The molecule has 4 N–H and O–H groups in total. The van der Waals surface area contributed by atoms with E-state index in [0.29, 0.717) is 5.69 Å². The van der Waals surface area contributed by atoms with Crippen LogP contribution in [0, 0.1) is 0 Å². The van der Waals surface area contributed by atoms with Crippen molar-refractivity contribution in [3.05, 3.63) is 72.1 Å².